The van der Waals surface area contributed by atoms with Gasteiger partial charge in [-0.15, -0.1) is 0 Å². The van der Waals surface area contributed by atoms with E-state index in [4.69, 9.17) is 5.73 Å². The molecule has 8 heteroatoms. The second-order valence-electron chi connectivity index (χ2n) is 6.80. The predicted molar refractivity (Wildman–Crippen MR) is 114 cm³/mol. The van der Waals surface area contributed by atoms with E-state index < -0.39 is 17.8 Å². The summed E-state index contributed by atoms with van der Waals surface area (Å²) in [6.07, 6.45) is 3.26. The molecule has 4 aromatic rings. The monoisotopic (exact) mass is 403 g/mol. The fourth-order valence-corrected chi connectivity index (χ4v) is 3.27. The number of carbonyl (C=O) groups is 2. The maximum Gasteiger partial charge on any atom is 0.323 e. The number of pyridine rings is 1. The van der Waals surface area contributed by atoms with Crippen LogP contribution in [0.2, 0.25) is 0 Å². The van der Waals surface area contributed by atoms with Crippen LogP contribution in [-0.4, -0.2) is 21.9 Å². The van der Waals surface area contributed by atoms with Crippen molar-refractivity contribution in [1.82, 2.24) is 9.97 Å². The number of primary amides is 1. The van der Waals surface area contributed by atoms with Gasteiger partial charge in [-0.25, -0.2) is 9.18 Å². The molecule has 2 heterocycles. The number of carbonyl (C=O) groups excluding carboxylic acids is 2. The first kappa shape index (κ1) is 19.1. The molecule has 150 valence electrons. The highest BCUT2D eigenvalue weighted by atomic mass is 19.1. The van der Waals surface area contributed by atoms with Gasteiger partial charge in [-0.2, -0.15) is 0 Å². The summed E-state index contributed by atoms with van der Waals surface area (Å²) in [5.41, 5.74) is 9.35. The molecule has 0 aliphatic rings. The van der Waals surface area contributed by atoms with Crippen LogP contribution in [0.1, 0.15) is 16.1 Å². The summed E-state index contributed by atoms with van der Waals surface area (Å²) in [4.78, 5) is 31.1. The van der Waals surface area contributed by atoms with E-state index >= 15 is 0 Å². The average molecular weight is 403 g/mol. The van der Waals surface area contributed by atoms with E-state index in [0.29, 0.717) is 16.8 Å². The van der Waals surface area contributed by atoms with Crippen molar-refractivity contribution in [3.8, 4) is 11.1 Å². The second-order valence-corrected chi connectivity index (χ2v) is 6.80. The molecule has 7 nitrogen and oxygen atoms in total. The van der Waals surface area contributed by atoms with Crippen LogP contribution in [0.15, 0.2) is 60.9 Å². The molecule has 0 radical (unpaired) electrons. The number of H-pyrrole nitrogens is 1. The lowest BCUT2D eigenvalue weighted by Crippen LogP contribution is -2.20. The molecule has 0 bridgehead atoms. The van der Waals surface area contributed by atoms with Gasteiger partial charge in [-0.3, -0.25) is 9.78 Å². The number of amides is 3. The summed E-state index contributed by atoms with van der Waals surface area (Å²) in [5.74, 6) is -1.10. The molecular formula is C22H18FN5O2. The van der Waals surface area contributed by atoms with Gasteiger partial charge in [0, 0.05) is 22.8 Å². The summed E-state index contributed by atoms with van der Waals surface area (Å²) in [6.45, 7) is 1.81. The summed E-state index contributed by atoms with van der Waals surface area (Å²) in [7, 11) is 0. The van der Waals surface area contributed by atoms with Crippen LogP contribution >= 0.6 is 0 Å². The van der Waals surface area contributed by atoms with E-state index in [-0.39, 0.29) is 11.4 Å². The van der Waals surface area contributed by atoms with Crippen molar-refractivity contribution in [3.63, 3.8) is 0 Å². The first-order chi connectivity index (χ1) is 14.4. The predicted octanol–water partition coefficient (Wildman–Crippen LogP) is 4.42. The number of urea groups is 1. The Bertz CT molecular complexity index is 1260. The number of aromatic amines is 1. The molecule has 0 saturated carbocycles. The third-order valence-corrected chi connectivity index (χ3v) is 4.65. The standard InChI is InChI=1S/C22H18FN5O2/c1-12-2-7-16(23)17(10-12)28-22(30)26-14-5-3-13(4-6-14)19-15-8-9-25-11-18(15)27-20(19)21(24)29/h2-11,27H,1H3,(H2,24,29)(H2,26,28,30). The molecule has 0 fully saturated rings. The van der Waals surface area contributed by atoms with Crippen molar-refractivity contribution in [2.45, 2.75) is 6.92 Å². The van der Waals surface area contributed by atoms with Crippen molar-refractivity contribution >= 4 is 34.2 Å². The normalized spacial score (nSPS) is 10.7. The van der Waals surface area contributed by atoms with Gasteiger partial charge in [-0.05, 0) is 48.4 Å². The van der Waals surface area contributed by atoms with E-state index in [0.717, 1.165) is 16.5 Å². The quantitative estimate of drug-likeness (QED) is 0.404. The number of benzene rings is 2. The zero-order chi connectivity index (χ0) is 21.3. The zero-order valence-electron chi connectivity index (χ0n) is 16.0. The molecule has 4 rings (SSSR count). The van der Waals surface area contributed by atoms with Gasteiger partial charge in [-0.1, -0.05) is 18.2 Å². The molecular weight excluding hydrogens is 385 g/mol. The summed E-state index contributed by atoms with van der Waals surface area (Å²) in [5, 5.41) is 5.96. The van der Waals surface area contributed by atoms with Gasteiger partial charge in [0.25, 0.3) is 5.91 Å². The van der Waals surface area contributed by atoms with Crippen molar-refractivity contribution in [2.24, 2.45) is 5.73 Å². The summed E-state index contributed by atoms with van der Waals surface area (Å²) < 4.78 is 13.8. The number of nitrogens with zero attached hydrogens (tertiary/aromatic N) is 1. The van der Waals surface area contributed by atoms with Crippen molar-refractivity contribution < 1.29 is 14.0 Å². The van der Waals surface area contributed by atoms with Crippen LogP contribution in [-0.2, 0) is 0 Å². The Kier molecular flexibility index (Phi) is 4.89. The molecule has 0 aliphatic carbocycles. The number of hydrogen-bond acceptors (Lipinski definition) is 3. The van der Waals surface area contributed by atoms with Crippen molar-refractivity contribution in [3.05, 3.63) is 78.0 Å². The van der Waals surface area contributed by atoms with Gasteiger partial charge >= 0.3 is 6.03 Å². The smallest absolute Gasteiger partial charge is 0.323 e. The lowest BCUT2D eigenvalue weighted by atomic mass is 10.0. The first-order valence-corrected chi connectivity index (χ1v) is 9.12. The van der Waals surface area contributed by atoms with Crippen molar-refractivity contribution in [2.75, 3.05) is 10.6 Å². The van der Waals surface area contributed by atoms with Gasteiger partial charge in [0.2, 0.25) is 0 Å². The Balaban J connectivity index is 1.57. The van der Waals surface area contributed by atoms with Crippen LogP contribution in [0.25, 0.3) is 22.0 Å². The number of aryl methyl sites for hydroxylation is 1. The molecule has 0 atom stereocenters. The van der Waals surface area contributed by atoms with E-state index in [9.17, 15) is 14.0 Å². The SMILES string of the molecule is Cc1ccc(F)c(NC(=O)Nc2ccc(-c3c(C(N)=O)[nH]c4cnccc34)cc2)c1. The number of halogens is 1. The van der Waals surface area contributed by atoms with Crippen LogP contribution < -0.4 is 16.4 Å². The van der Waals surface area contributed by atoms with Crippen molar-refractivity contribution in [1.29, 1.82) is 0 Å². The summed E-state index contributed by atoms with van der Waals surface area (Å²) in [6, 6.07) is 12.6. The molecule has 30 heavy (non-hydrogen) atoms. The minimum absolute atomic E-state index is 0.0997. The van der Waals surface area contributed by atoms with Crippen LogP contribution in [0.3, 0.4) is 0 Å². The van der Waals surface area contributed by atoms with E-state index in [1.54, 1.807) is 54.9 Å². The van der Waals surface area contributed by atoms with Gasteiger partial charge in [0.05, 0.1) is 17.4 Å². The fourth-order valence-electron chi connectivity index (χ4n) is 3.27. The fraction of sp³-hybridized carbons (Fsp3) is 0.0455. The van der Waals surface area contributed by atoms with Gasteiger partial charge in [0.1, 0.15) is 11.5 Å². The number of hydrogen-bond donors (Lipinski definition) is 4. The number of aromatic nitrogens is 2. The Hall–Kier alpha value is -4.20. The maximum absolute atomic E-state index is 13.8. The lowest BCUT2D eigenvalue weighted by molar-refractivity contribution is 0.0997. The second kappa shape index (κ2) is 7.67. The minimum Gasteiger partial charge on any atom is -0.364 e. The molecule has 0 unspecified atom stereocenters. The Morgan fingerprint density at radius 2 is 1.83 bits per heavy atom. The molecule has 0 aliphatic heterocycles. The van der Waals surface area contributed by atoms with Gasteiger partial charge < -0.3 is 21.4 Å². The molecule has 0 spiro atoms. The minimum atomic E-state index is -0.581. The highest BCUT2D eigenvalue weighted by Crippen LogP contribution is 2.32. The highest BCUT2D eigenvalue weighted by Gasteiger charge is 2.17. The lowest BCUT2D eigenvalue weighted by Gasteiger charge is -2.10. The molecule has 2 aromatic heterocycles. The van der Waals surface area contributed by atoms with Crippen LogP contribution in [0, 0.1) is 12.7 Å². The summed E-state index contributed by atoms with van der Waals surface area (Å²) >= 11 is 0. The number of fused-ring (bicyclic) bond motifs is 1. The molecule has 5 N–H and O–H groups in total. The third kappa shape index (κ3) is 3.70. The van der Waals surface area contributed by atoms with E-state index in [1.807, 2.05) is 6.92 Å². The van der Waals surface area contributed by atoms with E-state index in [2.05, 4.69) is 20.6 Å². The molecule has 2 aromatic carbocycles. The maximum atomic E-state index is 13.8. The van der Waals surface area contributed by atoms with Crippen LogP contribution in [0.5, 0.6) is 0 Å². The molecule has 0 saturated heterocycles. The first-order valence-electron chi connectivity index (χ1n) is 9.12. The van der Waals surface area contributed by atoms with Gasteiger partial charge in [0.15, 0.2) is 0 Å². The number of rotatable bonds is 4. The Morgan fingerprint density at radius 1 is 1.07 bits per heavy atom. The van der Waals surface area contributed by atoms with E-state index in [1.165, 1.54) is 6.07 Å². The number of anilines is 2. The zero-order valence-corrected chi connectivity index (χ0v) is 16.0. The average Bonchev–Trinajstić information content (AvgIpc) is 3.11. The Labute approximate surface area is 171 Å². The largest absolute Gasteiger partial charge is 0.364 e. The number of nitrogens with two attached hydrogens (primary N) is 1. The topological polar surface area (TPSA) is 113 Å². The van der Waals surface area contributed by atoms with Crippen LogP contribution in [0.4, 0.5) is 20.6 Å². The highest BCUT2D eigenvalue weighted by molar-refractivity contribution is 6.09. The Morgan fingerprint density at radius 3 is 2.57 bits per heavy atom. The third-order valence-electron chi connectivity index (χ3n) is 4.65. The molecule has 3 amide bonds. The number of nitrogens with one attached hydrogen (secondary N) is 3.